The topological polar surface area (TPSA) is 293 Å². The highest BCUT2D eigenvalue weighted by Crippen LogP contribution is 2.71. The summed E-state index contributed by atoms with van der Waals surface area (Å²) in [5, 5.41) is 20.1. The average Bonchev–Trinajstić information content (AvgIpc) is 4.17. The molecule has 0 aromatic carbocycles. The standard InChI is InChI=1S/C52H66O20.6CH4/c1-17-20-15-23(35(50(65)72-52(6,7)8)33(20)49(64)71-51(3,4)5)26(17)36-37(46(61)69-45(36)60)28-19-13-21(22(14-19)42(57)67-12-10-11-53)29(28)38-39(48(63)70-47(38)62)31-25-16-24(32(40(54)55)34(25)43(58)66-9)30(31)27-18(2)41(56)68-44(27)59;;;;;;/h17-39,53H,10-16H2,1-9H3,(H,54,55);6*1H4. The van der Waals surface area contributed by atoms with Gasteiger partial charge in [-0.25, -0.2) is 0 Å². The second-order valence-electron chi connectivity index (χ2n) is 24.3. The van der Waals surface area contributed by atoms with Crippen molar-refractivity contribution in [3.8, 4) is 0 Å². The molecule has 3 saturated heterocycles. The number of carbonyl (C=O) groups excluding carboxylic acids is 10. The highest BCUT2D eigenvalue weighted by molar-refractivity contribution is 6.00. The predicted octanol–water partition coefficient (Wildman–Crippen LogP) is 6.77. The number of hydrogen-bond donors (Lipinski definition) is 2. The molecule has 0 amide bonds. The molecule has 6 saturated carbocycles. The van der Waals surface area contributed by atoms with Crippen molar-refractivity contribution in [2.24, 2.45) is 136 Å². The fourth-order valence-corrected chi connectivity index (χ4v) is 16.9. The van der Waals surface area contributed by atoms with Gasteiger partial charge >= 0.3 is 65.7 Å². The number of fused-ring (bicyclic) bond motifs is 6. The van der Waals surface area contributed by atoms with Crippen LogP contribution in [0.25, 0.3) is 0 Å². The summed E-state index contributed by atoms with van der Waals surface area (Å²) in [6, 6.07) is 0. The van der Waals surface area contributed by atoms with Gasteiger partial charge in [0.05, 0.1) is 78.8 Å². The van der Waals surface area contributed by atoms with Gasteiger partial charge in [-0.15, -0.1) is 0 Å². The molecule has 6 aliphatic carbocycles. The lowest BCUT2D eigenvalue weighted by atomic mass is 9.53. The molecule has 20 heteroatoms. The first-order chi connectivity index (χ1) is 33.7. The Morgan fingerprint density at radius 2 is 0.897 bits per heavy atom. The highest BCUT2D eigenvalue weighted by atomic mass is 16.6. The number of aliphatic hydroxyl groups excluding tert-OH is 1. The molecule has 9 aliphatic rings. The molecule has 23 unspecified atom stereocenters. The molecule has 3 aliphatic heterocycles. The van der Waals surface area contributed by atoms with Crippen molar-refractivity contribution in [2.75, 3.05) is 20.3 Å². The Morgan fingerprint density at radius 1 is 0.500 bits per heavy atom. The number of hydrogen-bond acceptors (Lipinski definition) is 19. The van der Waals surface area contributed by atoms with E-state index in [-0.39, 0.29) is 83.5 Å². The van der Waals surface area contributed by atoms with Gasteiger partial charge < -0.3 is 43.4 Å². The summed E-state index contributed by atoms with van der Waals surface area (Å²) in [4.78, 5) is 155. The monoisotopic (exact) mass is 1110 g/mol. The van der Waals surface area contributed by atoms with Crippen LogP contribution < -0.4 is 0 Å². The molecular formula is C58H90O20. The van der Waals surface area contributed by atoms with Crippen LogP contribution in [0.2, 0.25) is 0 Å². The number of carboxylic acids is 1. The number of aliphatic hydroxyl groups is 1. The van der Waals surface area contributed by atoms with E-state index in [4.69, 9.17) is 33.2 Å². The van der Waals surface area contributed by atoms with Crippen molar-refractivity contribution in [1.82, 2.24) is 0 Å². The van der Waals surface area contributed by atoms with Crippen molar-refractivity contribution in [1.29, 1.82) is 0 Å². The van der Waals surface area contributed by atoms with Crippen molar-refractivity contribution >= 4 is 65.7 Å². The quantitative estimate of drug-likeness (QED) is 0.0832. The Balaban J connectivity index is 0.00000267. The molecule has 9 rings (SSSR count). The summed E-state index contributed by atoms with van der Waals surface area (Å²) in [5.74, 6) is -33.3. The van der Waals surface area contributed by atoms with Crippen LogP contribution in [0.1, 0.15) is 132 Å². The van der Waals surface area contributed by atoms with E-state index in [1.54, 1.807) is 41.5 Å². The number of ether oxygens (including phenoxy) is 7. The molecule has 20 nitrogen and oxygen atoms in total. The van der Waals surface area contributed by atoms with Crippen LogP contribution in [-0.2, 0) is 85.9 Å². The maximum atomic E-state index is 14.8. The smallest absolute Gasteiger partial charge is 0.317 e. The number of esters is 10. The first-order valence-corrected chi connectivity index (χ1v) is 25.5. The zero-order valence-corrected chi connectivity index (χ0v) is 42.0. The minimum Gasteiger partial charge on any atom is -0.481 e. The van der Waals surface area contributed by atoms with E-state index in [0.29, 0.717) is 6.42 Å². The van der Waals surface area contributed by atoms with Crippen LogP contribution in [-0.4, -0.2) is 107 Å². The van der Waals surface area contributed by atoms with Crippen molar-refractivity contribution in [3.05, 3.63) is 0 Å². The third-order valence-electron chi connectivity index (χ3n) is 18.7. The minimum absolute atomic E-state index is 0. The van der Waals surface area contributed by atoms with E-state index in [1.807, 2.05) is 6.92 Å². The fraction of sp³-hybridized carbons (Fsp3) is 0.810. The summed E-state index contributed by atoms with van der Waals surface area (Å²) >= 11 is 0. The minimum atomic E-state index is -1.51. The normalized spacial score (nSPS) is 40.4. The molecule has 0 aromatic heterocycles. The maximum Gasteiger partial charge on any atom is 0.317 e. The Bertz CT molecular complexity index is 2360. The van der Waals surface area contributed by atoms with Gasteiger partial charge in [0.25, 0.3) is 0 Å². The van der Waals surface area contributed by atoms with E-state index in [0.717, 1.165) is 7.11 Å². The van der Waals surface area contributed by atoms with Crippen LogP contribution in [0.3, 0.4) is 0 Å². The van der Waals surface area contributed by atoms with Gasteiger partial charge in [-0.2, -0.15) is 0 Å². The largest absolute Gasteiger partial charge is 0.481 e. The lowest BCUT2D eigenvalue weighted by Gasteiger charge is -2.47. The molecule has 9 fully saturated rings. The molecule has 0 radical (unpaired) electrons. The molecule has 0 spiro atoms. The molecule has 2 N–H and O–H groups in total. The lowest BCUT2D eigenvalue weighted by molar-refractivity contribution is -0.179. The Labute approximate surface area is 460 Å². The van der Waals surface area contributed by atoms with Crippen LogP contribution >= 0.6 is 0 Å². The number of rotatable bonds is 13. The van der Waals surface area contributed by atoms with Crippen LogP contribution in [0.4, 0.5) is 0 Å². The van der Waals surface area contributed by atoms with Crippen molar-refractivity contribution in [3.63, 3.8) is 0 Å². The van der Waals surface area contributed by atoms with Gasteiger partial charge in [-0.1, -0.05) is 58.4 Å². The van der Waals surface area contributed by atoms with Crippen LogP contribution in [0, 0.1) is 136 Å². The highest BCUT2D eigenvalue weighted by Gasteiger charge is 2.75. The van der Waals surface area contributed by atoms with E-state index >= 15 is 0 Å². The Kier molecular flexibility index (Phi) is 20.5. The Morgan fingerprint density at radius 3 is 1.36 bits per heavy atom. The molecule has 442 valence electrons. The Hall–Kier alpha value is -5.27. The number of methoxy groups -OCH3 is 1. The van der Waals surface area contributed by atoms with Gasteiger partial charge in [-0.05, 0) is 138 Å². The summed E-state index contributed by atoms with van der Waals surface area (Å²) in [6.45, 7) is 13.2. The van der Waals surface area contributed by atoms with E-state index in [2.05, 4.69) is 0 Å². The molecule has 0 aromatic rings. The number of cyclic esters (lactones) is 6. The second kappa shape index (κ2) is 23.8. The van der Waals surface area contributed by atoms with Gasteiger partial charge in [0.2, 0.25) is 0 Å². The molecule has 23 atom stereocenters. The number of carboxylic acid groups (broad SMARTS) is 1. The molecular weight excluding hydrogens is 1020 g/mol. The summed E-state index contributed by atoms with van der Waals surface area (Å²) in [5.41, 5.74) is -1.87. The predicted molar refractivity (Wildman–Crippen MR) is 278 cm³/mol. The maximum absolute atomic E-state index is 14.8. The fourth-order valence-electron chi connectivity index (χ4n) is 16.9. The average molecular weight is 1110 g/mol. The zero-order chi connectivity index (χ0) is 52.5. The van der Waals surface area contributed by atoms with E-state index < -0.39 is 213 Å². The third kappa shape index (κ3) is 10.6. The van der Waals surface area contributed by atoms with Gasteiger partial charge in [-0.3, -0.25) is 52.7 Å². The molecule has 3 heterocycles. The first kappa shape index (κ1) is 67.0. The molecule has 78 heavy (non-hydrogen) atoms. The lowest BCUT2D eigenvalue weighted by Crippen LogP contribution is -2.53. The first-order valence-electron chi connectivity index (χ1n) is 25.5. The van der Waals surface area contributed by atoms with Gasteiger partial charge in [0.1, 0.15) is 11.2 Å². The van der Waals surface area contributed by atoms with Crippen molar-refractivity contribution in [2.45, 2.75) is 143 Å². The summed E-state index contributed by atoms with van der Waals surface area (Å²) in [7, 11) is 1.09. The molecule has 6 bridgehead atoms. The van der Waals surface area contributed by atoms with Crippen LogP contribution in [0.5, 0.6) is 0 Å². The third-order valence-corrected chi connectivity index (χ3v) is 18.7. The zero-order valence-electron chi connectivity index (χ0n) is 42.0. The van der Waals surface area contributed by atoms with Crippen LogP contribution in [0.15, 0.2) is 0 Å². The number of carbonyl (C=O) groups is 11. The van der Waals surface area contributed by atoms with Gasteiger partial charge in [0.15, 0.2) is 0 Å². The van der Waals surface area contributed by atoms with E-state index in [9.17, 15) is 63.0 Å². The van der Waals surface area contributed by atoms with Crippen molar-refractivity contribution < 1.29 is 96.1 Å². The second-order valence-corrected chi connectivity index (χ2v) is 24.3. The number of aliphatic carboxylic acids is 1. The van der Waals surface area contributed by atoms with E-state index in [1.165, 1.54) is 6.92 Å². The SMILES string of the molecule is C.C.C.C.C.C.COC(=O)C1C2CC(C1C(=O)O)C(C1C(=O)OC(=O)C1C)C2C1C(=O)OC(=O)C1C1C2CC(CC2C(=O)OCCCO)C1C1C(=O)OC(=O)C1C1C(C)C2CC1C(C(=O)OC(C)(C)C)C2C(=O)OC(C)(C)C. The van der Waals surface area contributed by atoms with Gasteiger partial charge in [0, 0.05) is 13.0 Å². The summed E-state index contributed by atoms with van der Waals surface area (Å²) in [6.07, 6.45) is 0.824. The summed E-state index contributed by atoms with van der Waals surface area (Å²) < 4.78 is 38.8.